The van der Waals surface area contributed by atoms with Crippen LogP contribution >= 0.6 is 0 Å². The molecule has 1 aromatic rings. The predicted octanol–water partition coefficient (Wildman–Crippen LogP) is 3.77. The summed E-state index contributed by atoms with van der Waals surface area (Å²) in [6.07, 6.45) is 14.1. The Balaban J connectivity index is 1.93. The number of hydrogen-bond donors (Lipinski definition) is 0. The molecule has 0 amide bonds. The molecule has 0 radical (unpaired) electrons. The van der Waals surface area contributed by atoms with E-state index in [9.17, 15) is 0 Å². The van der Waals surface area contributed by atoms with E-state index < -0.39 is 0 Å². The van der Waals surface area contributed by atoms with Gasteiger partial charge in [0.05, 0.1) is 0 Å². The Hall–Kier alpha value is -0.920. The Kier molecular flexibility index (Phi) is 6.80. The van der Waals surface area contributed by atoms with Gasteiger partial charge in [0.15, 0.2) is 0 Å². The zero-order chi connectivity index (χ0) is 10.8. The number of aryl methyl sites for hydroxylation is 1. The molecule has 0 saturated carbocycles. The quantitative estimate of drug-likeness (QED) is 0.605. The maximum absolute atomic E-state index is 4.21. The molecule has 0 aromatic carbocycles. The minimum Gasteiger partial charge on any atom is -0.245 e. The van der Waals surface area contributed by atoms with Gasteiger partial charge in [-0.15, -0.1) is 0 Å². The largest absolute Gasteiger partial charge is 0.245 e. The summed E-state index contributed by atoms with van der Waals surface area (Å²) in [5.74, 6) is 0. The summed E-state index contributed by atoms with van der Waals surface area (Å²) in [5, 5.41) is 0. The Bertz CT molecular complexity index is 234. The average Bonchev–Trinajstić information content (AvgIpc) is 2.29. The minimum absolute atomic E-state index is 1.11. The predicted molar refractivity (Wildman–Crippen MR) is 63.7 cm³/mol. The second-order valence-corrected chi connectivity index (χ2v) is 4.07. The molecular weight excluding hydrogens is 184 g/mol. The van der Waals surface area contributed by atoms with Crippen molar-refractivity contribution in [3.8, 4) is 0 Å². The van der Waals surface area contributed by atoms with Crippen molar-refractivity contribution in [2.24, 2.45) is 0 Å². The Morgan fingerprint density at radius 2 is 1.73 bits per heavy atom. The summed E-state index contributed by atoms with van der Waals surface area (Å²) < 4.78 is 0. The fraction of sp³-hybridized carbons (Fsp3) is 0.692. The third-order valence-electron chi connectivity index (χ3n) is 2.68. The average molecular weight is 206 g/mol. The minimum atomic E-state index is 1.11. The Labute approximate surface area is 93.2 Å². The fourth-order valence-electron chi connectivity index (χ4n) is 1.73. The summed E-state index contributed by atoms with van der Waals surface area (Å²) >= 11 is 0. The summed E-state index contributed by atoms with van der Waals surface area (Å²) in [4.78, 5) is 8.13. The molecule has 0 fully saturated rings. The fourth-order valence-corrected chi connectivity index (χ4v) is 1.73. The van der Waals surface area contributed by atoms with Crippen LogP contribution in [0.15, 0.2) is 18.6 Å². The van der Waals surface area contributed by atoms with E-state index in [2.05, 4.69) is 16.9 Å². The first-order valence-electron chi connectivity index (χ1n) is 6.18. The molecular formula is C13H22N2. The summed E-state index contributed by atoms with van der Waals surface area (Å²) in [6, 6.07) is 2.01. The van der Waals surface area contributed by atoms with Gasteiger partial charge in [-0.1, -0.05) is 45.4 Å². The van der Waals surface area contributed by atoms with Gasteiger partial charge in [-0.05, 0) is 18.9 Å². The van der Waals surface area contributed by atoms with E-state index in [1.54, 1.807) is 6.33 Å². The Morgan fingerprint density at radius 1 is 1.00 bits per heavy atom. The molecule has 0 unspecified atom stereocenters. The van der Waals surface area contributed by atoms with Crippen LogP contribution in [0.25, 0.3) is 0 Å². The number of hydrogen-bond acceptors (Lipinski definition) is 2. The van der Waals surface area contributed by atoms with Gasteiger partial charge in [-0.2, -0.15) is 0 Å². The summed E-state index contributed by atoms with van der Waals surface area (Å²) in [5.41, 5.74) is 1.18. The second kappa shape index (κ2) is 8.39. The highest BCUT2D eigenvalue weighted by Gasteiger charge is 1.94. The molecule has 0 aliphatic rings. The topological polar surface area (TPSA) is 25.8 Å². The lowest BCUT2D eigenvalue weighted by molar-refractivity contribution is 0.587. The van der Waals surface area contributed by atoms with Gasteiger partial charge >= 0.3 is 0 Å². The highest BCUT2D eigenvalue weighted by Crippen LogP contribution is 2.08. The van der Waals surface area contributed by atoms with E-state index in [-0.39, 0.29) is 0 Å². The summed E-state index contributed by atoms with van der Waals surface area (Å²) in [6.45, 7) is 2.26. The van der Waals surface area contributed by atoms with E-state index in [1.165, 1.54) is 50.6 Å². The van der Waals surface area contributed by atoms with Crippen LogP contribution in [-0.2, 0) is 6.42 Å². The van der Waals surface area contributed by atoms with Crippen molar-refractivity contribution in [3.05, 3.63) is 24.3 Å². The van der Waals surface area contributed by atoms with Crippen molar-refractivity contribution >= 4 is 0 Å². The molecule has 84 valence electrons. The maximum atomic E-state index is 4.21. The summed E-state index contributed by atoms with van der Waals surface area (Å²) in [7, 11) is 0. The van der Waals surface area contributed by atoms with Crippen LogP contribution in [0.1, 0.15) is 57.6 Å². The van der Waals surface area contributed by atoms with Crippen LogP contribution in [-0.4, -0.2) is 9.97 Å². The zero-order valence-electron chi connectivity index (χ0n) is 9.78. The van der Waals surface area contributed by atoms with Crippen molar-refractivity contribution in [2.75, 3.05) is 0 Å². The second-order valence-electron chi connectivity index (χ2n) is 4.07. The number of unbranched alkanes of at least 4 members (excludes halogenated alkanes) is 6. The highest BCUT2D eigenvalue weighted by molar-refractivity contribution is 4.97. The van der Waals surface area contributed by atoms with Crippen molar-refractivity contribution in [3.63, 3.8) is 0 Å². The molecule has 2 heteroatoms. The van der Waals surface area contributed by atoms with Crippen LogP contribution in [0.4, 0.5) is 0 Å². The van der Waals surface area contributed by atoms with Gasteiger partial charge in [0.1, 0.15) is 6.33 Å². The van der Waals surface area contributed by atoms with Crippen molar-refractivity contribution in [1.82, 2.24) is 9.97 Å². The normalized spacial score (nSPS) is 10.5. The molecule has 0 saturated heterocycles. The van der Waals surface area contributed by atoms with Crippen molar-refractivity contribution in [2.45, 2.75) is 58.3 Å². The molecule has 0 N–H and O–H groups in total. The highest BCUT2D eigenvalue weighted by atomic mass is 14.8. The van der Waals surface area contributed by atoms with Crippen molar-refractivity contribution < 1.29 is 0 Å². The number of rotatable bonds is 8. The number of aromatic nitrogens is 2. The monoisotopic (exact) mass is 206 g/mol. The van der Waals surface area contributed by atoms with Gasteiger partial charge in [-0.25, -0.2) is 9.97 Å². The van der Waals surface area contributed by atoms with Crippen molar-refractivity contribution in [1.29, 1.82) is 0 Å². The zero-order valence-corrected chi connectivity index (χ0v) is 9.78. The molecule has 15 heavy (non-hydrogen) atoms. The van der Waals surface area contributed by atoms with Crippen LogP contribution in [0.2, 0.25) is 0 Å². The van der Waals surface area contributed by atoms with Crippen LogP contribution < -0.4 is 0 Å². The Morgan fingerprint density at radius 3 is 2.40 bits per heavy atom. The van der Waals surface area contributed by atoms with Crippen LogP contribution in [0.5, 0.6) is 0 Å². The van der Waals surface area contributed by atoms with E-state index in [0.29, 0.717) is 0 Å². The van der Waals surface area contributed by atoms with E-state index in [0.717, 1.165) is 6.42 Å². The van der Waals surface area contributed by atoms with Crippen LogP contribution in [0, 0.1) is 0 Å². The van der Waals surface area contributed by atoms with Gasteiger partial charge in [0, 0.05) is 11.9 Å². The lowest BCUT2D eigenvalue weighted by atomic mass is 10.1. The third-order valence-corrected chi connectivity index (χ3v) is 2.68. The van der Waals surface area contributed by atoms with E-state index in [4.69, 9.17) is 0 Å². The standard InChI is InChI=1S/C13H22N2/c1-2-3-4-5-6-7-8-9-13-10-11-14-12-15-13/h10-12H,2-9H2,1H3. The SMILES string of the molecule is CCCCCCCCCc1ccncn1. The molecule has 0 atom stereocenters. The van der Waals surface area contributed by atoms with Gasteiger partial charge < -0.3 is 0 Å². The number of nitrogens with zero attached hydrogens (tertiary/aromatic N) is 2. The van der Waals surface area contributed by atoms with Crippen LogP contribution in [0.3, 0.4) is 0 Å². The molecule has 1 aromatic heterocycles. The molecule has 0 aliphatic carbocycles. The van der Waals surface area contributed by atoms with E-state index >= 15 is 0 Å². The molecule has 2 nitrogen and oxygen atoms in total. The van der Waals surface area contributed by atoms with Gasteiger partial charge in [-0.3, -0.25) is 0 Å². The molecule has 1 rings (SSSR count). The lowest BCUT2D eigenvalue weighted by Gasteiger charge is -2.00. The van der Waals surface area contributed by atoms with Gasteiger partial charge in [0.25, 0.3) is 0 Å². The smallest absolute Gasteiger partial charge is 0.115 e. The molecule has 0 bridgehead atoms. The van der Waals surface area contributed by atoms with E-state index in [1.807, 2.05) is 12.3 Å². The molecule has 0 aliphatic heterocycles. The first-order chi connectivity index (χ1) is 7.43. The third kappa shape index (κ3) is 6.21. The first kappa shape index (κ1) is 12.2. The molecule has 1 heterocycles. The lowest BCUT2D eigenvalue weighted by Crippen LogP contribution is -1.90. The van der Waals surface area contributed by atoms with Gasteiger partial charge in [0.2, 0.25) is 0 Å². The molecule has 0 spiro atoms. The first-order valence-corrected chi connectivity index (χ1v) is 6.18. The maximum Gasteiger partial charge on any atom is 0.115 e.